The summed E-state index contributed by atoms with van der Waals surface area (Å²) in [5.41, 5.74) is 7.28. The average Bonchev–Trinajstić information content (AvgIpc) is 2.99. The largest absolute Gasteiger partial charge is 0.325 e. The minimum atomic E-state index is -0.483. The molecular weight excluding hydrogens is 256 g/mol. The quantitative estimate of drug-likeness (QED) is 0.736. The number of nitrogens with zero attached hydrogens (tertiary/aromatic N) is 3. The fraction of sp³-hybridized carbons (Fsp3) is 0.385. The van der Waals surface area contributed by atoms with Crippen LogP contribution in [0.1, 0.15) is 26.2 Å². The lowest BCUT2D eigenvalue weighted by atomic mass is 10.1. The van der Waals surface area contributed by atoms with Gasteiger partial charge in [0.15, 0.2) is 0 Å². The molecule has 0 aliphatic rings. The molecule has 0 spiro atoms. The topological polar surface area (TPSA) is 110 Å². The summed E-state index contributed by atoms with van der Waals surface area (Å²) in [6.07, 6.45) is 2.65. The van der Waals surface area contributed by atoms with Gasteiger partial charge in [0.05, 0.1) is 6.04 Å². The predicted molar refractivity (Wildman–Crippen MR) is 75.7 cm³/mol. The van der Waals surface area contributed by atoms with Crippen molar-refractivity contribution in [3.63, 3.8) is 0 Å². The van der Waals surface area contributed by atoms with E-state index in [4.69, 9.17) is 5.73 Å². The molecule has 1 amide bonds. The number of tetrazole rings is 1. The van der Waals surface area contributed by atoms with E-state index in [-0.39, 0.29) is 5.91 Å². The van der Waals surface area contributed by atoms with Crippen molar-refractivity contribution in [1.82, 2.24) is 20.6 Å². The summed E-state index contributed by atoms with van der Waals surface area (Å²) in [6.45, 7) is 2.07. The third-order valence-corrected chi connectivity index (χ3v) is 2.94. The molecule has 7 nitrogen and oxygen atoms in total. The molecule has 20 heavy (non-hydrogen) atoms. The zero-order valence-corrected chi connectivity index (χ0v) is 11.3. The van der Waals surface area contributed by atoms with Crippen LogP contribution >= 0.6 is 0 Å². The third kappa shape index (κ3) is 3.61. The van der Waals surface area contributed by atoms with Crippen LogP contribution in [0.15, 0.2) is 24.3 Å². The van der Waals surface area contributed by atoms with Crippen LogP contribution in [-0.2, 0) is 4.79 Å². The van der Waals surface area contributed by atoms with Crippen LogP contribution in [0, 0.1) is 0 Å². The maximum absolute atomic E-state index is 11.9. The van der Waals surface area contributed by atoms with E-state index in [1.807, 2.05) is 12.1 Å². The van der Waals surface area contributed by atoms with Gasteiger partial charge in [0.1, 0.15) is 0 Å². The lowest BCUT2D eigenvalue weighted by Gasteiger charge is -2.12. The number of carbonyl (C=O) groups is 1. The Morgan fingerprint density at radius 2 is 2.35 bits per heavy atom. The maximum Gasteiger partial charge on any atom is 0.241 e. The second-order valence-electron chi connectivity index (χ2n) is 4.55. The Kier molecular flexibility index (Phi) is 4.78. The highest BCUT2D eigenvalue weighted by Gasteiger charge is 2.13. The van der Waals surface area contributed by atoms with Gasteiger partial charge < -0.3 is 11.1 Å². The molecular formula is C13H18N6O. The summed E-state index contributed by atoms with van der Waals surface area (Å²) in [5, 5.41) is 16.5. The van der Waals surface area contributed by atoms with Gasteiger partial charge in [-0.2, -0.15) is 5.21 Å². The number of aromatic nitrogens is 4. The standard InChI is InChI=1S/C13H18N6O/c1-2-3-7-11(14)13(20)15-10-6-4-5-9(8-10)12-16-18-19-17-12/h4-6,8,11H,2-3,7,14H2,1H3,(H,15,20)(H,16,17,18,19)/t11-/m0/s1. The summed E-state index contributed by atoms with van der Waals surface area (Å²) in [7, 11) is 0. The van der Waals surface area contributed by atoms with Gasteiger partial charge in [-0.3, -0.25) is 4.79 Å². The fourth-order valence-electron chi connectivity index (χ4n) is 1.81. The van der Waals surface area contributed by atoms with E-state index < -0.39 is 6.04 Å². The highest BCUT2D eigenvalue weighted by molar-refractivity contribution is 5.95. The Bertz CT molecular complexity index is 554. The Hall–Kier alpha value is -2.28. The first-order chi connectivity index (χ1) is 9.70. The minimum absolute atomic E-state index is 0.177. The third-order valence-electron chi connectivity index (χ3n) is 2.94. The molecule has 106 valence electrons. The zero-order chi connectivity index (χ0) is 14.4. The van der Waals surface area contributed by atoms with E-state index in [9.17, 15) is 4.79 Å². The zero-order valence-electron chi connectivity index (χ0n) is 11.3. The van der Waals surface area contributed by atoms with Gasteiger partial charge in [0.25, 0.3) is 0 Å². The molecule has 0 fully saturated rings. The van der Waals surface area contributed by atoms with E-state index in [1.54, 1.807) is 12.1 Å². The van der Waals surface area contributed by atoms with Crippen molar-refractivity contribution in [2.24, 2.45) is 5.73 Å². The summed E-state index contributed by atoms with van der Waals surface area (Å²) in [5.74, 6) is 0.306. The van der Waals surface area contributed by atoms with Gasteiger partial charge in [-0.05, 0) is 23.8 Å². The molecule has 1 atom stereocenters. The van der Waals surface area contributed by atoms with Crippen LogP contribution in [-0.4, -0.2) is 32.6 Å². The summed E-state index contributed by atoms with van der Waals surface area (Å²) in [6, 6.07) is 6.77. The number of hydrogen-bond acceptors (Lipinski definition) is 5. The van der Waals surface area contributed by atoms with Crippen molar-refractivity contribution in [2.75, 3.05) is 5.32 Å². The van der Waals surface area contributed by atoms with Crippen LogP contribution in [0.2, 0.25) is 0 Å². The van der Waals surface area contributed by atoms with E-state index in [0.717, 1.165) is 18.4 Å². The molecule has 0 radical (unpaired) electrons. The van der Waals surface area contributed by atoms with Crippen LogP contribution < -0.4 is 11.1 Å². The van der Waals surface area contributed by atoms with Crippen molar-refractivity contribution in [1.29, 1.82) is 0 Å². The molecule has 7 heteroatoms. The molecule has 0 aliphatic heterocycles. The van der Waals surface area contributed by atoms with Gasteiger partial charge in [-0.15, -0.1) is 10.2 Å². The molecule has 0 aliphatic carbocycles. The van der Waals surface area contributed by atoms with Crippen molar-refractivity contribution in [3.05, 3.63) is 24.3 Å². The van der Waals surface area contributed by atoms with E-state index in [0.29, 0.717) is 17.9 Å². The van der Waals surface area contributed by atoms with Crippen molar-refractivity contribution in [3.8, 4) is 11.4 Å². The molecule has 2 aromatic rings. The number of hydrogen-bond donors (Lipinski definition) is 3. The Labute approximate surface area is 117 Å². The number of H-pyrrole nitrogens is 1. The first-order valence-electron chi connectivity index (χ1n) is 6.61. The highest BCUT2D eigenvalue weighted by atomic mass is 16.2. The average molecular weight is 274 g/mol. The molecule has 1 heterocycles. The van der Waals surface area contributed by atoms with Gasteiger partial charge >= 0.3 is 0 Å². The summed E-state index contributed by atoms with van der Waals surface area (Å²) >= 11 is 0. The number of nitrogens with one attached hydrogen (secondary N) is 2. The lowest BCUT2D eigenvalue weighted by molar-refractivity contribution is -0.117. The maximum atomic E-state index is 11.9. The highest BCUT2D eigenvalue weighted by Crippen LogP contribution is 2.18. The lowest BCUT2D eigenvalue weighted by Crippen LogP contribution is -2.35. The molecule has 0 saturated heterocycles. The van der Waals surface area contributed by atoms with Crippen LogP contribution in [0.4, 0.5) is 5.69 Å². The van der Waals surface area contributed by atoms with Gasteiger partial charge in [-0.25, -0.2) is 0 Å². The van der Waals surface area contributed by atoms with Crippen molar-refractivity contribution >= 4 is 11.6 Å². The second-order valence-corrected chi connectivity index (χ2v) is 4.55. The summed E-state index contributed by atoms with van der Waals surface area (Å²) < 4.78 is 0. The normalized spacial score (nSPS) is 12.1. The molecule has 0 saturated carbocycles. The van der Waals surface area contributed by atoms with Gasteiger partial charge in [0, 0.05) is 11.3 Å². The number of unbranched alkanes of at least 4 members (excludes halogenated alkanes) is 1. The second kappa shape index (κ2) is 6.76. The fourth-order valence-corrected chi connectivity index (χ4v) is 1.81. The predicted octanol–water partition coefficient (Wildman–Crippen LogP) is 1.32. The first-order valence-corrected chi connectivity index (χ1v) is 6.61. The number of carbonyl (C=O) groups excluding carboxylic acids is 1. The molecule has 2 rings (SSSR count). The first kappa shape index (κ1) is 14.1. The van der Waals surface area contributed by atoms with Gasteiger partial charge in [-0.1, -0.05) is 31.9 Å². The number of aromatic amines is 1. The Morgan fingerprint density at radius 3 is 3.05 bits per heavy atom. The molecule has 0 unspecified atom stereocenters. The molecule has 1 aromatic heterocycles. The van der Waals surface area contributed by atoms with Gasteiger partial charge in [0.2, 0.25) is 11.7 Å². The van der Waals surface area contributed by atoms with E-state index >= 15 is 0 Å². The minimum Gasteiger partial charge on any atom is -0.325 e. The van der Waals surface area contributed by atoms with E-state index in [2.05, 4.69) is 32.9 Å². The summed E-state index contributed by atoms with van der Waals surface area (Å²) in [4.78, 5) is 11.9. The Morgan fingerprint density at radius 1 is 1.50 bits per heavy atom. The molecule has 4 N–H and O–H groups in total. The van der Waals surface area contributed by atoms with Crippen molar-refractivity contribution < 1.29 is 4.79 Å². The number of rotatable bonds is 6. The number of nitrogens with two attached hydrogens (primary N) is 1. The monoisotopic (exact) mass is 274 g/mol. The van der Waals surface area contributed by atoms with E-state index in [1.165, 1.54) is 0 Å². The number of amides is 1. The van der Waals surface area contributed by atoms with Crippen molar-refractivity contribution in [2.45, 2.75) is 32.2 Å². The SMILES string of the molecule is CCCC[C@H](N)C(=O)Nc1cccc(-c2nn[nH]n2)c1. The van der Waals surface area contributed by atoms with Crippen LogP contribution in [0.25, 0.3) is 11.4 Å². The smallest absolute Gasteiger partial charge is 0.241 e. The Balaban J connectivity index is 2.03. The number of benzene rings is 1. The van der Waals surface area contributed by atoms with Crippen LogP contribution in [0.5, 0.6) is 0 Å². The molecule has 0 bridgehead atoms. The van der Waals surface area contributed by atoms with Crippen LogP contribution in [0.3, 0.4) is 0 Å². The number of anilines is 1. The molecule has 1 aromatic carbocycles.